The van der Waals surface area contributed by atoms with Crippen molar-refractivity contribution < 1.29 is 26.9 Å². The van der Waals surface area contributed by atoms with E-state index >= 15 is 0 Å². The fraction of sp³-hybridized carbons (Fsp3) is 1.00. The molecule has 1 N–H and O–H groups in total. The van der Waals surface area contributed by atoms with E-state index in [9.17, 15) is 8.42 Å². The van der Waals surface area contributed by atoms with Crippen molar-refractivity contribution in [1.29, 1.82) is 0 Å². The van der Waals surface area contributed by atoms with Crippen molar-refractivity contribution in [3.8, 4) is 0 Å². The molecule has 0 saturated carbocycles. The van der Waals surface area contributed by atoms with E-state index in [4.69, 9.17) is 14.0 Å². The van der Waals surface area contributed by atoms with Gasteiger partial charge in [0.25, 0.3) is 10.1 Å². The number of hydrogen-bond donors (Lipinski definition) is 1. The molecule has 1 atom stereocenters. The fourth-order valence-electron chi connectivity index (χ4n) is 2.59. The summed E-state index contributed by atoms with van der Waals surface area (Å²) in [5.74, 6) is -0.165. The van der Waals surface area contributed by atoms with Crippen LogP contribution in [0.25, 0.3) is 0 Å². The summed E-state index contributed by atoms with van der Waals surface area (Å²) in [5, 5.41) is 0. The lowest BCUT2D eigenvalue weighted by Gasteiger charge is -2.34. The highest BCUT2D eigenvalue weighted by atomic mass is 32.2. The number of quaternary nitrogens is 1. The van der Waals surface area contributed by atoms with Crippen molar-refractivity contribution in [2.45, 2.75) is 45.4 Å². The van der Waals surface area contributed by atoms with Gasteiger partial charge in [0.05, 0.1) is 45.7 Å². The fourth-order valence-corrected chi connectivity index (χ4v) is 3.08. The minimum absolute atomic E-state index is 0.165. The van der Waals surface area contributed by atoms with Gasteiger partial charge in [-0.1, -0.05) is 26.2 Å². The Hall–Kier alpha value is -0.210. The molecule has 23 heavy (non-hydrogen) atoms. The van der Waals surface area contributed by atoms with Crippen LogP contribution in [-0.2, 0) is 19.6 Å². The van der Waals surface area contributed by atoms with Gasteiger partial charge in [0, 0.05) is 13.5 Å². The third kappa shape index (κ3) is 15.1. The van der Waals surface area contributed by atoms with Crippen molar-refractivity contribution in [3.63, 3.8) is 0 Å². The predicted molar refractivity (Wildman–Crippen MR) is 93.3 cm³/mol. The largest absolute Gasteiger partial charge is 0.382 e. The van der Waals surface area contributed by atoms with Crippen LogP contribution in [0.1, 0.15) is 45.4 Å². The van der Waals surface area contributed by atoms with Crippen LogP contribution in [0.4, 0.5) is 0 Å². The first-order valence-corrected chi connectivity index (χ1v) is 10.3. The third-order valence-electron chi connectivity index (χ3n) is 4.11. The van der Waals surface area contributed by atoms with E-state index in [2.05, 4.69) is 14.0 Å². The molecule has 0 saturated heterocycles. The maximum Gasteiger partial charge on any atom is 0.265 e. The second kappa shape index (κ2) is 13.1. The number of ether oxygens (including phenoxy) is 2. The summed E-state index contributed by atoms with van der Waals surface area (Å²) in [5.41, 5.74) is 0. The zero-order chi connectivity index (χ0) is 17.6. The monoisotopic (exact) mass is 354 g/mol. The number of methoxy groups -OCH3 is 1. The van der Waals surface area contributed by atoms with E-state index in [0.717, 1.165) is 30.5 Å². The molecule has 6 nitrogen and oxygen atoms in total. The number of unbranched alkanes of at least 4 members (excludes halogenated alkanes) is 4. The van der Waals surface area contributed by atoms with Crippen LogP contribution < -0.4 is 0 Å². The van der Waals surface area contributed by atoms with Crippen LogP contribution in [0.15, 0.2) is 0 Å². The van der Waals surface area contributed by atoms with Crippen molar-refractivity contribution in [2.24, 2.45) is 0 Å². The summed E-state index contributed by atoms with van der Waals surface area (Å²) in [6.07, 6.45) is 6.58. The SMILES string of the molecule is CCCCCCC[N+](C)(CCCS(=O)(=O)O)CCOCCOC. The van der Waals surface area contributed by atoms with E-state index < -0.39 is 10.1 Å². The van der Waals surface area contributed by atoms with Gasteiger partial charge < -0.3 is 14.0 Å². The smallest absolute Gasteiger partial charge is 0.265 e. The van der Waals surface area contributed by atoms with Crippen molar-refractivity contribution in [1.82, 2.24) is 0 Å². The molecular weight excluding hydrogens is 318 g/mol. The average molecular weight is 355 g/mol. The van der Waals surface area contributed by atoms with Crippen molar-refractivity contribution >= 4 is 10.1 Å². The first-order valence-electron chi connectivity index (χ1n) is 8.68. The number of rotatable bonds is 16. The molecule has 0 aliphatic rings. The maximum atomic E-state index is 10.9. The lowest BCUT2D eigenvalue weighted by molar-refractivity contribution is -0.910. The summed E-state index contributed by atoms with van der Waals surface area (Å²) >= 11 is 0. The van der Waals surface area contributed by atoms with E-state index in [-0.39, 0.29) is 5.75 Å². The van der Waals surface area contributed by atoms with Crippen molar-refractivity contribution in [3.05, 3.63) is 0 Å². The molecular formula is C16H36NO5S+. The van der Waals surface area contributed by atoms with Gasteiger partial charge >= 0.3 is 0 Å². The second-order valence-electron chi connectivity index (χ2n) is 6.45. The summed E-state index contributed by atoms with van der Waals surface area (Å²) < 4.78 is 42.0. The van der Waals surface area contributed by atoms with E-state index in [0.29, 0.717) is 26.2 Å². The van der Waals surface area contributed by atoms with Gasteiger partial charge in [0.1, 0.15) is 6.54 Å². The Morgan fingerprint density at radius 2 is 1.57 bits per heavy atom. The van der Waals surface area contributed by atoms with Crippen LogP contribution in [0.2, 0.25) is 0 Å². The van der Waals surface area contributed by atoms with Gasteiger partial charge in [-0.2, -0.15) is 8.42 Å². The van der Waals surface area contributed by atoms with Gasteiger partial charge in [-0.05, 0) is 12.8 Å². The van der Waals surface area contributed by atoms with Gasteiger partial charge in [0.2, 0.25) is 0 Å². The molecule has 0 bridgehead atoms. The van der Waals surface area contributed by atoms with Crippen molar-refractivity contribution in [2.75, 3.05) is 59.4 Å². The quantitative estimate of drug-likeness (QED) is 0.262. The Kier molecular flexibility index (Phi) is 13.0. The van der Waals surface area contributed by atoms with E-state index in [1.807, 2.05) is 0 Å². The lowest BCUT2D eigenvalue weighted by atomic mass is 10.1. The standard InChI is InChI=1S/C16H35NO5S/c1-4-5-6-7-8-10-17(2,11-9-16-23(18,19)20)12-13-22-15-14-21-3/h4-16H2,1-3H3/p+1. The molecule has 0 aromatic rings. The number of likely N-dealkylation sites (N-methyl/N-ethyl adjacent to an activating group) is 1. The molecule has 0 spiro atoms. The lowest BCUT2D eigenvalue weighted by Crippen LogP contribution is -2.48. The molecule has 0 aromatic carbocycles. The molecule has 0 rings (SSSR count). The van der Waals surface area contributed by atoms with Crippen LogP contribution in [0.5, 0.6) is 0 Å². The molecule has 0 radical (unpaired) electrons. The zero-order valence-corrected chi connectivity index (χ0v) is 15.9. The highest BCUT2D eigenvalue weighted by Gasteiger charge is 2.21. The second-order valence-corrected chi connectivity index (χ2v) is 8.02. The van der Waals surface area contributed by atoms with Crippen LogP contribution in [0, 0.1) is 0 Å². The Balaban J connectivity index is 4.21. The van der Waals surface area contributed by atoms with Gasteiger partial charge in [0.15, 0.2) is 0 Å². The highest BCUT2D eigenvalue weighted by Crippen LogP contribution is 2.11. The highest BCUT2D eigenvalue weighted by molar-refractivity contribution is 7.85. The molecule has 0 aliphatic heterocycles. The minimum Gasteiger partial charge on any atom is -0.382 e. The van der Waals surface area contributed by atoms with E-state index in [1.54, 1.807) is 7.11 Å². The molecule has 140 valence electrons. The Labute approximate surface area is 142 Å². The Bertz CT molecular complexity index is 359. The summed E-state index contributed by atoms with van der Waals surface area (Å²) in [6, 6.07) is 0. The van der Waals surface area contributed by atoms with Gasteiger partial charge in [-0.3, -0.25) is 4.55 Å². The zero-order valence-electron chi connectivity index (χ0n) is 15.1. The number of nitrogens with zero attached hydrogens (tertiary/aromatic N) is 1. The third-order valence-corrected chi connectivity index (χ3v) is 4.91. The maximum absolute atomic E-state index is 10.9. The van der Waals surface area contributed by atoms with Crippen LogP contribution in [-0.4, -0.2) is 76.8 Å². The topological polar surface area (TPSA) is 72.8 Å². The summed E-state index contributed by atoms with van der Waals surface area (Å²) in [4.78, 5) is 0. The molecule has 0 fully saturated rings. The molecule has 0 aromatic heterocycles. The Morgan fingerprint density at radius 1 is 0.913 bits per heavy atom. The first-order chi connectivity index (χ1) is 10.8. The van der Waals surface area contributed by atoms with Gasteiger partial charge in [-0.25, -0.2) is 0 Å². The minimum atomic E-state index is -3.87. The first kappa shape index (κ1) is 22.8. The molecule has 1 unspecified atom stereocenters. The summed E-state index contributed by atoms with van der Waals surface area (Å²) in [7, 11) is -0.0790. The number of hydrogen-bond acceptors (Lipinski definition) is 4. The molecule has 0 heterocycles. The molecule has 0 amide bonds. The molecule has 0 aliphatic carbocycles. The van der Waals surface area contributed by atoms with Crippen LogP contribution >= 0.6 is 0 Å². The predicted octanol–water partition coefficient (Wildman–Crippen LogP) is 2.34. The summed E-state index contributed by atoms with van der Waals surface area (Å²) in [6.45, 7) is 6.61. The van der Waals surface area contributed by atoms with Gasteiger partial charge in [-0.15, -0.1) is 0 Å². The molecule has 7 heteroatoms. The Morgan fingerprint density at radius 3 is 2.17 bits per heavy atom. The van der Waals surface area contributed by atoms with Crippen LogP contribution in [0.3, 0.4) is 0 Å². The van der Waals surface area contributed by atoms with E-state index in [1.165, 1.54) is 25.7 Å². The normalized spacial score (nSPS) is 14.8. The average Bonchev–Trinajstić information content (AvgIpc) is 2.45.